The van der Waals surface area contributed by atoms with Gasteiger partial charge < -0.3 is 16.2 Å². The summed E-state index contributed by atoms with van der Waals surface area (Å²) in [6, 6.07) is 18.1. The third kappa shape index (κ3) is 3.11. The van der Waals surface area contributed by atoms with Gasteiger partial charge in [0.2, 0.25) is 5.95 Å². The standard InChI is InChI=1S/C24H22N6O/c1-13-10-20-21(11-14(13)2)30(23(27-20)15-4-7-17(31-3)8-5-15)16-6-9-18-19(12-16)28-24(26)29-22(18)25/h4-12H,1-3H3,(H4,25,26,28,29). The summed E-state index contributed by atoms with van der Waals surface area (Å²) in [6.07, 6.45) is 0. The topological polar surface area (TPSA) is 105 Å². The number of imidazole rings is 1. The minimum absolute atomic E-state index is 0.152. The number of fused-ring (bicyclic) bond motifs is 2. The molecule has 7 heteroatoms. The minimum atomic E-state index is 0.152. The molecule has 0 aliphatic carbocycles. The van der Waals surface area contributed by atoms with E-state index in [0.717, 1.165) is 39.2 Å². The van der Waals surface area contributed by atoms with Crippen LogP contribution in [0.2, 0.25) is 0 Å². The molecule has 5 aromatic rings. The van der Waals surface area contributed by atoms with Gasteiger partial charge in [0.1, 0.15) is 17.4 Å². The van der Waals surface area contributed by atoms with Crippen LogP contribution >= 0.6 is 0 Å². The SMILES string of the molecule is COc1ccc(-c2nc3cc(C)c(C)cc3n2-c2ccc3c(N)nc(N)nc3c2)cc1. The fraction of sp³-hybridized carbons (Fsp3) is 0.125. The number of aryl methyl sites for hydroxylation is 2. The summed E-state index contributed by atoms with van der Waals surface area (Å²) in [6.45, 7) is 4.20. The van der Waals surface area contributed by atoms with E-state index in [-0.39, 0.29) is 5.95 Å². The Kier molecular flexibility index (Phi) is 4.25. The van der Waals surface area contributed by atoms with Crippen LogP contribution in [-0.4, -0.2) is 26.6 Å². The average molecular weight is 410 g/mol. The summed E-state index contributed by atoms with van der Waals surface area (Å²) < 4.78 is 7.45. The number of nitrogens with two attached hydrogens (primary N) is 2. The molecule has 0 atom stereocenters. The highest BCUT2D eigenvalue weighted by atomic mass is 16.5. The fourth-order valence-corrected chi connectivity index (χ4v) is 3.83. The molecule has 3 aromatic carbocycles. The van der Waals surface area contributed by atoms with E-state index in [4.69, 9.17) is 21.2 Å². The molecule has 31 heavy (non-hydrogen) atoms. The molecule has 0 spiro atoms. The van der Waals surface area contributed by atoms with Crippen LogP contribution in [-0.2, 0) is 0 Å². The number of hydrogen-bond acceptors (Lipinski definition) is 6. The van der Waals surface area contributed by atoms with Crippen LogP contribution in [0.15, 0.2) is 54.6 Å². The van der Waals surface area contributed by atoms with E-state index in [1.165, 1.54) is 11.1 Å². The maximum Gasteiger partial charge on any atom is 0.222 e. The molecular weight excluding hydrogens is 388 g/mol. The Morgan fingerprint density at radius 2 is 1.55 bits per heavy atom. The van der Waals surface area contributed by atoms with Crippen molar-refractivity contribution in [2.75, 3.05) is 18.6 Å². The minimum Gasteiger partial charge on any atom is -0.497 e. The predicted molar refractivity (Wildman–Crippen MR) is 124 cm³/mol. The van der Waals surface area contributed by atoms with Crippen LogP contribution in [0.1, 0.15) is 11.1 Å². The van der Waals surface area contributed by atoms with E-state index in [2.05, 4.69) is 40.5 Å². The summed E-state index contributed by atoms with van der Waals surface area (Å²) in [5, 5.41) is 0.764. The average Bonchev–Trinajstić information content (AvgIpc) is 3.11. The molecule has 0 fully saturated rings. The van der Waals surface area contributed by atoms with Crippen molar-refractivity contribution in [1.82, 2.24) is 19.5 Å². The van der Waals surface area contributed by atoms with Crippen LogP contribution in [0, 0.1) is 13.8 Å². The van der Waals surface area contributed by atoms with Crippen LogP contribution in [0.3, 0.4) is 0 Å². The number of nitrogen functional groups attached to an aromatic ring is 2. The number of anilines is 2. The molecule has 0 unspecified atom stereocenters. The molecule has 5 rings (SSSR count). The monoisotopic (exact) mass is 410 g/mol. The molecule has 4 N–H and O–H groups in total. The lowest BCUT2D eigenvalue weighted by Gasteiger charge is -2.12. The first-order valence-corrected chi connectivity index (χ1v) is 9.92. The molecule has 0 amide bonds. The second kappa shape index (κ2) is 6.98. The third-order valence-corrected chi connectivity index (χ3v) is 5.60. The molecular formula is C24H22N6O. The molecule has 0 saturated carbocycles. The zero-order valence-corrected chi connectivity index (χ0v) is 17.5. The van der Waals surface area contributed by atoms with Crippen molar-refractivity contribution in [3.05, 3.63) is 65.7 Å². The first-order chi connectivity index (χ1) is 14.9. The molecule has 0 bridgehead atoms. The molecule has 154 valence electrons. The van der Waals surface area contributed by atoms with Crippen molar-refractivity contribution in [3.63, 3.8) is 0 Å². The summed E-state index contributed by atoms with van der Waals surface area (Å²) in [5.41, 5.74) is 18.8. The largest absolute Gasteiger partial charge is 0.497 e. The first kappa shape index (κ1) is 18.9. The highest BCUT2D eigenvalue weighted by Crippen LogP contribution is 2.32. The van der Waals surface area contributed by atoms with Gasteiger partial charge >= 0.3 is 0 Å². The second-order valence-electron chi connectivity index (χ2n) is 7.59. The van der Waals surface area contributed by atoms with Gasteiger partial charge in [-0.15, -0.1) is 0 Å². The number of hydrogen-bond donors (Lipinski definition) is 2. The van der Waals surface area contributed by atoms with E-state index >= 15 is 0 Å². The maximum atomic E-state index is 6.04. The van der Waals surface area contributed by atoms with Gasteiger partial charge in [0.25, 0.3) is 0 Å². The normalized spacial score (nSPS) is 11.3. The lowest BCUT2D eigenvalue weighted by molar-refractivity contribution is 0.415. The van der Waals surface area contributed by atoms with Crippen molar-refractivity contribution in [1.29, 1.82) is 0 Å². The third-order valence-electron chi connectivity index (χ3n) is 5.60. The van der Waals surface area contributed by atoms with Gasteiger partial charge in [-0.05, 0) is 79.6 Å². The van der Waals surface area contributed by atoms with E-state index in [9.17, 15) is 0 Å². The second-order valence-corrected chi connectivity index (χ2v) is 7.59. The molecule has 0 aliphatic rings. The smallest absolute Gasteiger partial charge is 0.222 e. The zero-order chi connectivity index (χ0) is 21.7. The Morgan fingerprint density at radius 1 is 0.806 bits per heavy atom. The van der Waals surface area contributed by atoms with Crippen LogP contribution in [0.4, 0.5) is 11.8 Å². The lowest BCUT2D eigenvalue weighted by Crippen LogP contribution is -2.02. The number of aromatic nitrogens is 4. The summed E-state index contributed by atoms with van der Waals surface area (Å²) in [5.74, 6) is 2.15. The molecule has 0 aliphatic heterocycles. The van der Waals surface area contributed by atoms with Gasteiger partial charge in [-0.25, -0.2) is 9.97 Å². The molecule has 2 heterocycles. The van der Waals surface area contributed by atoms with Gasteiger partial charge in [0.05, 0.1) is 23.7 Å². The quantitative estimate of drug-likeness (QED) is 0.456. The molecule has 0 saturated heterocycles. The molecule has 2 aromatic heterocycles. The first-order valence-electron chi connectivity index (χ1n) is 9.92. The zero-order valence-electron chi connectivity index (χ0n) is 17.5. The van der Waals surface area contributed by atoms with Crippen LogP contribution in [0.25, 0.3) is 39.0 Å². The summed E-state index contributed by atoms with van der Waals surface area (Å²) >= 11 is 0. The Labute approximate surface area is 179 Å². The summed E-state index contributed by atoms with van der Waals surface area (Å²) in [4.78, 5) is 13.4. The maximum absolute atomic E-state index is 6.04. The van der Waals surface area contributed by atoms with Crippen LogP contribution in [0.5, 0.6) is 5.75 Å². The van der Waals surface area contributed by atoms with Gasteiger partial charge in [-0.1, -0.05) is 0 Å². The van der Waals surface area contributed by atoms with Crippen molar-refractivity contribution in [3.8, 4) is 22.8 Å². The number of benzene rings is 3. The predicted octanol–water partition coefficient (Wildman–Crippen LogP) is 4.43. The number of ether oxygens (including phenoxy) is 1. The Hall–Kier alpha value is -4.13. The van der Waals surface area contributed by atoms with Gasteiger partial charge in [-0.3, -0.25) is 4.57 Å². The van der Waals surface area contributed by atoms with E-state index < -0.39 is 0 Å². The Balaban J connectivity index is 1.82. The highest BCUT2D eigenvalue weighted by Gasteiger charge is 2.17. The Bertz CT molecular complexity index is 1450. The Morgan fingerprint density at radius 3 is 2.29 bits per heavy atom. The van der Waals surface area contributed by atoms with Crippen molar-refractivity contribution in [2.24, 2.45) is 0 Å². The summed E-state index contributed by atoms with van der Waals surface area (Å²) in [7, 11) is 1.66. The number of methoxy groups -OCH3 is 1. The van der Waals surface area contributed by atoms with Crippen molar-refractivity contribution >= 4 is 33.7 Å². The van der Waals surface area contributed by atoms with Gasteiger partial charge in [-0.2, -0.15) is 4.98 Å². The molecule has 0 radical (unpaired) electrons. The van der Waals surface area contributed by atoms with Gasteiger partial charge in [0, 0.05) is 16.6 Å². The highest BCUT2D eigenvalue weighted by molar-refractivity contribution is 5.92. The van der Waals surface area contributed by atoms with E-state index in [1.54, 1.807) is 7.11 Å². The van der Waals surface area contributed by atoms with Gasteiger partial charge in [0.15, 0.2) is 0 Å². The van der Waals surface area contributed by atoms with E-state index in [1.807, 2.05) is 42.5 Å². The van der Waals surface area contributed by atoms with Crippen LogP contribution < -0.4 is 16.2 Å². The number of nitrogens with zero attached hydrogens (tertiary/aromatic N) is 4. The van der Waals surface area contributed by atoms with Crippen molar-refractivity contribution in [2.45, 2.75) is 13.8 Å². The number of rotatable bonds is 3. The van der Waals surface area contributed by atoms with E-state index in [0.29, 0.717) is 11.3 Å². The van der Waals surface area contributed by atoms with Crippen molar-refractivity contribution < 1.29 is 4.74 Å². The lowest BCUT2D eigenvalue weighted by atomic mass is 10.1. The molecule has 7 nitrogen and oxygen atoms in total. The fourth-order valence-electron chi connectivity index (χ4n) is 3.83.